The van der Waals surface area contributed by atoms with Crippen LogP contribution in [0.15, 0.2) is 23.5 Å². The largest absolute Gasteiger partial charge is 0.263 e. The second kappa shape index (κ2) is 14.3. The van der Waals surface area contributed by atoms with Crippen LogP contribution in [0.4, 0.5) is 0 Å². The van der Waals surface area contributed by atoms with Crippen molar-refractivity contribution >= 4 is 34.8 Å². The SMILES string of the molecule is [C-]#[N+]/C(C#N)=C\c1cc2c(s1)-c1sc(/C=C(\C#N)[N+]#[C-])cc1C2(CC(CC)CCCC)CC(CC)CCCC. The Bertz CT molecular complexity index is 1240. The number of rotatable bonds is 14. The quantitative estimate of drug-likeness (QED) is 0.172. The van der Waals surface area contributed by atoms with Gasteiger partial charge in [-0.15, -0.1) is 22.7 Å². The monoisotopic (exact) mass is 554 g/mol. The zero-order chi connectivity index (χ0) is 28.4. The van der Waals surface area contributed by atoms with E-state index in [1.807, 2.05) is 12.1 Å². The lowest BCUT2D eigenvalue weighted by atomic mass is 9.65. The second-order valence-electron chi connectivity index (χ2n) is 10.6. The molecule has 0 bridgehead atoms. The summed E-state index contributed by atoms with van der Waals surface area (Å²) < 4.78 is 0. The molecule has 39 heavy (non-hydrogen) atoms. The third-order valence-corrected chi connectivity index (χ3v) is 10.5. The summed E-state index contributed by atoms with van der Waals surface area (Å²) in [7, 11) is 0. The van der Waals surface area contributed by atoms with Crippen LogP contribution in [-0.2, 0) is 5.41 Å². The van der Waals surface area contributed by atoms with Crippen LogP contribution >= 0.6 is 22.7 Å². The molecule has 2 heterocycles. The number of hydrogen-bond donors (Lipinski definition) is 0. The first kappa shape index (κ1) is 30.4. The minimum absolute atomic E-state index is 0.107. The predicted molar refractivity (Wildman–Crippen MR) is 165 cm³/mol. The molecule has 0 spiro atoms. The first-order valence-corrected chi connectivity index (χ1v) is 15.8. The Morgan fingerprint density at radius 2 is 1.23 bits per heavy atom. The Hall–Kier alpha value is -3.16. The van der Waals surface area contributed by atoms with E-state index in [2.05, 4.69) is 49.5 Å². The standard InChI is InChI=1S/C33H38N4S2/c1-7-11-13-23(9-3)19-33(20-24(10-4)14-12-8-2)29-17-27(15-25(21-34)36-5)38-31(29)32-30(33)18-28(39-32)16-26(22-35)37-6/h15-18,23-24H,7-14,19-20H2,1-4H3/b25-15-,26-16+. The molecule has 0 aromatic carbocycles. The molecule has 2 atom stereocenters. The van der Waals surface area contributed by atoms with Crippen molar-refractivity contribution in [1.29, 1.82) is 10.5 Å². The molecule has 1 aliphatic rings. The maximum atomic E-state index is 9.41. The molecule has 0 saturated carbocycles. The van der Waals surface area contributed by atoms with Gasteiger partial charge in [-0.25, -0.2) is 20.2 Å². The normalized spacial score (nSPS) is 17.8. The van der Waals surface area contributed by atoms with Gasteiger partial charge < -0.3 is 0 Å². The number of nitrogens with zero attached hydrogens (tertiary/aromatic N) is 4. The van der Waals surface area contributed by atoms with Crippen LogP contribution in [0.3, 0.4) is 0 Å². The van der Waals surface area contributed by atoms with E-state index in [0.29, 0.717) is 11.8 Å². The van der Waals surface area contributed by atoms with Crippen molar-refractivity contribution < 1.29 is 0 Å². The van der Waals surface area contributed by atoms with Crippen molar-refractivity contribution in [2.24, 2.45) is 11.8 Å². The van der Waals surface area contributed by atoms with Crippen molar-refractivity contribution in [2.45, 2.75) is 97.3 Å². The number of allylic oxidation sites excluding steroid dienone is 2. The minimum Gasteiger partial charge on any atom is -0.227 e. The molecule has 3 rings (SSSR count). The van der Waals surface area contributed by atoms with Gasteiger partial charge in [0.15, 0.2) is 0 Å². The van der Waals surface area contributed by atoms with E-state index < -0.39 is 0 Å². The van der Waals surface area contributed by atoms with Crippen molar-refractivity contribution in [3.63, 3.8) is 0 Å². The fraction of sp³-hybridized carbons (Fsp3) is 0.515. The third-order valence-electron chi connectivity index (χ3n) is 8.13. The fourth-order valence-corrected chi connectivity index (χ4v) is 8.55. The highest BCUT2D eigenvalue weighted by molar-refractivity contribution is 7.23. The van der Waals surface area contributed by atoms with Gasteiger partial charge in [-0.05, 0) is 60.1 Å². The van der Waals surface area contributed by atoms with Gasteiger partial charge in [0, 0.05) is 24.9 Å². The topological polar surface area (TPSA) is 56.3 Å². The van der Waals surface area contributed by atoms with Gasteiger partial charge in [0.2, 0.25) is 0 Å². The number of hydrogen-bond acceptors (Lipinski definition) is 4. The lowest BCUT2D eigenvalue weighted by Gasteiger charge is -2.37. The number of unbranched alkanes of at least 4 members (excludes halogenated alkanes) is 2. The maximum Gasteiger partial charge on any atom is 0.263 e. The van der Waals surface area contributed by atoms with Crippen LogP contribution in [0.5, 0.6) is 0 Å². The van der Waals surface area contributed by atoms with Gasteiger partial charge in [0.1, 0.15) is 0 Å². The zero-order valence-corrected chi connectivity index (χ0v) is 25.3. The molecule has 2 unspecified atom stereocenters. The summed E-state index contributed by atoms with van der Waals surface area (Å²) in [6, 6.07) is 8.55. The molecule has 0 saturated heterocycles. The Labute approximate surface area is 242 Å². The van der Waals surface area contributed by atoms with E-state index >= 15 is 0 Å². The molecule has 6 heteroatoms. The number of fused-ring (bicyclic) bond motifs is 3. The Kier molecular flexibility index (Phi) is 11.1. The van der Waals surface area contributed by atoms with E-state index in [1.165, 1.54) is 59.4 Å². The fourth-order valence-electron chi connectivity index (χ4n) is 6.00. The molecule has 0 N–H and O–H groups in total. The van der Waals surface area contributed by atoms with Crippen LogP contribution < -0.4 is 0 Å². The average molecular weight is 555 g/mol. The van der Waals surface area contributed by atoms with Crippen LogP contribution in [0.25, 0.3) is 31.6 Å². The first-order valence-electron chi connectivity index (χ1n) is 14.2. The minimum atomic E-state index is -0.144. The average Bonchev–Trinajstić information content (AvgIpc) is 3.63. The summed E-state index contributed by atoms with van der Waals surface area (Å²) in [5.74, 6) is 1.20. The Morgan fingerprint density at radius 1 is 0.821 bits per heavy atom. The van der Waals surface area contributed by atoms with Gasteiger partial charge in [-0.2, -0.15) is 0 Å². The van der Waals surface area contributed by atoms with Gasteiger partial charge in [-0.1, -0.05) is 79.1 Å². The van der Waals surface area contributed by atoms with Crippen molar-refractivity contribution in [3.8, 4) is 21.9 Å². The van der Waals surface area contributed by atoms with E-state index in [4.69, 9.17) is 13.1 Å². The van der Waals surface area contributed by atoms with Crippen molar-refractivity contribution in [2.75, 3.05) is 0 Å². The molecule has 2 aromatic heterocycles. The van der Waals surface area contributed by atoms with Crippen molar-refractivity contribution in [3.05, 3.63) is 67.2 Å². The lowest BCUT2D eigenvalue weighted by molar-refractivity contribution is 0.266. The smallest absolute Gasteiger partial charge is 0.227 e. The third kappa shape index (κ3) is 6.71. The van der Waals surface area contributed by atoms with E-state index in [-0.39, 0.29) is 16.8 Å². The summed E-state index contributed by atoms with van der Waals surface area (Å²) in [5.41, 5.74) is 2.78. The Balaban J connectivity index is 2.28. The first-order chi connectivity index (χ1) is 18.9. The summed E-state index contributed by atoms with van der Waals surface area (Å²) in [6.07, 6.45) is 15.1. The molecule has 4 nitrogen and oxygen atoms in total. The molecule has 0 amide bonds. The molecule has 0 fully saturated rings. The van der Waals surface area contributed by atoms with E-state index in [1.54, 1.807) is 34.8 Å². The van der Waals surface area contributed by atoms with Crippen LogP contribution in [0, 0.1) is 47.6 Å². The lowest BCUT2D eigenvalue weighted by Crippen LogP contribution is -2.31. The molecular weight excluding hydrogens is 517 g/mol. The van der Waals surface area contributed by atoms with Crippen LogP contribution in [0.1, 0.15) is 113 Å². The van der Waals surface area contributed by atoms with E-state index in [9.17, 15) is 10.5 Å². The van der Waals surface area contributed by atoms with Gasteiger partial charge >= 0.3 is 0 Å². The van der Waals surface area contributed by atoms with Gasteiger partial charge in [0.05, 0.1) is 25.3 Å². The summed E-state index contributed by atoms with van der Waals surface area (Å²) in [6.45, 7) is 23.9. The molecular formula is C33H38N4S2. The maximum absolute atomic E-state index is 9.41. The second-order valence-corrected chi connectivity index (χ2v) is 12.8. The molecule has 202 valence electrons. The molecule has 1 aliphatic carbocycles. The highest BCUT2D eigenvalue weighted by atomic mass is 32.1. The molecule has 0 aliphatic heterocycles. The summed E-state index contributed by atoms with van der Waals surface area (Å²) in [5, 5.41) is 18.8. The van der Waals surface area contributed by atoms with Gasteiger partial charge in [0.25, 0.3) is 11.4 Å². The Morgan fingerprint density at radius 3 is 1.54 bits per heavy atom. The summed E-state index contributed by atoms with van der Waals surface area (Å²) in [4.78, 5) is 11.2. The molecule has 0 radical (unpaired) electrons. The van der Waals surface area contributed by atoms with Gasteiger partial charge in [-0.3, -0.25) is 0 Å². The van der Waals surface area contributed by atoms with E-state index in [0.717, 1.165) is 35.4 Å². The highest BCUT2D eigenvalue weighted by Crippen LogP contribution is 2.61. The number of thiophene rings is 2. The number of nitriles is 2. The molecule has 2 aromatic rings. The zero-order valence-electron chi connectivity index (χ0n) is 23.6. The summed E-state index contributed by atoms with van der Waals surface area (Å²) >= 11 is 3.34. The van der Waals surface area contributed by atoms with Crippen LogP contribution in [0.2, 0.25) is 0 Å². The predicted octanol–water partition coefficient (Wildman–Crippen LogP) is 10.9. The van der Waals surface area contributed by atoms with Crippen LogP contribution in [-0.4, -0.2) is 0 Å². The van der Waals surface area contributed by atoms with Crippen molar-refractivity contribution in [1.82, 2.24) is 0 Å². The highest BCUT2D eigenvalue weighted by Gasteiger charge is 2.47.